The third-order valence-corrected chi connectivity index (χ3v) is 3.09. The molecule has 0 spiro atoms. The number of phenolic OH excluding ortho intramolecular Hbond substituents is 1. The van der Waals surface area contributed by atoms with Crippen molar-refractivity contribution in [2.24, 2.45) is 5.84 Å². The Hall–Kier alpha value is -3.39. The van der Waals surface area contributed by atoms with E-state index in [1.165, 1.54) is 12.1 Å². The molecular weight excluding hydrogens is 316 g/mol. The van der Waals surface area contributed by atoms with Crippen molar-refractivity contribution < 1.29 is 29.3 Å². The van der Waals surface area contributed by atoms with E-state index in [0.717, 1.165) is 6.07 Å². The van der Waals surface area contributed by atoms with Crippen molar-refractivity contribution in [3.63, 3.8) is 0 Å². The maximum Gasteiger partial charge on any atom is 0.428 e. The number of benzene rings is 2. The monoisotopic (exact) mass is 330 g/mol. The number of amides is 2. The summed E-state index contributed by atoms with van der Waals surface area (Å²) in [5.74, 6) is 3.41. The Morgan fingerprint density at radius 3 is 2.33 bits per heavy atom. The van der Waals surface area contributed by atoms with Gasteiger partial charge in [0, 0.05) is 11.6 Å². The third-order valence-electron chi connectivity index (χ3n) is 3.09. The van der Waals surface area contributed by atoms with Crippen LogP contribution in [-0.4, -0.2) is 39.6 Å². The van der Waals surface area contributed by atoms with Crippen LogP contribution in [-0.2, 0) is 4.79 Å². The maximum absolute atomic E-state index is 12.3. The van der Waals surface area contributed by atoms with Crippen LogP contribution < -0.4 is 10.6 Å². The molecule has 0 unspecified atom stereocenters. The summed E-state index contributed by atoms with van der Waals surface area (Å²) in [6.07, 6.45) is -1.62. The Bertz CT molecular complexity index is 775. The van der Waals surface area contributed by atoms with Crippen LogP contribution in [0.1, 0.15) is 15.9 Å². The maximum atomic E-state index is 12.3. The average Bonchev–Trinajstić information content (AvgIpc) is 2.59. The Morgan fingerprint density at radius 1 is 1.08 bits per heavy atom. The van der Waals surface area contributed by atoms with Gasteiger partial charge in [-0.1, -0.05) is 30.3 Å². The number of phenols is 1. The van der Waals surface area contributed by atoms with Gasteiger partial charge >= 0.3 is 6.09 Å². The molecule has 2 aromatic rings. The molecule has 8 nitrogen and oxygen atoms in total. The number of aromatic hydroxyl groups is 1. The number of rotatable bonds is 5. The summed E-state index contributed by atoms with van der Waals surface area (Å²) in [4.78, 5) is 34.2. The Balaban J connectivity index is 2.09. The van der Waals surface area contributed by atoms with Gasteiger partial charge in [-0.3, -0.25) is 9.59 Å². The minimum Gasteiger partial charge on any atom is -0.507 e. The Morgan fingerprint density at radius 2 is 1.75 bits per heavy atom. The van der Waals surface area contributed by atoms with Gasteiger partial charge < -0.3 is 14.9 Å². The first-order valence-electron chi connectivity index (χ1n) is 6.76. The van der Waals surface area contributed by atoms with Gasteiger partial charge in [-0.2, -0.15) is 5.01 Å². The fraction of sp³-hybridized carbons (Fsp3) is 0.0625. The summed E-state index contributed by atoms with van der Waals surface area (Å²) in [5.41, 5.74) is 0.489. The fourth-order valence-electron chi connectivity index (χ4n) is 1.86. The molecule has 0 saturated carbocycles. The molecule has 2 rings (SSSR count). The van der Waals surface area contributed by atoms with Crippen LogP contribution in [0, 0.1) is 0 Å². The van der Waals surface area contributed by atoms with E-state index in [-0.39, 0.29) is 27.9 Å². The predicted octanol–water partition coefficient (Wildman–Crippen LogP) is 1.38. The summed E-state index contributed by atoms with van der Waals surface area (Å²) >= 11 is 0. The highest BCUT2D eigenvalue weighted by atomic mass is 16.5. The Labute approximate surface area is 136 Å². The first kappa shape index (κ1) is 17.0. The van der Waals surface area contributed by atoms with Gasteiger partial charge in [0.25, 0.3) is 5.91 Å². The van der Waals surface area contributed by atoms with Gasteiger partial charge in [0.15, 0.2) is 12.4 Å². The molecule has 24 heavy (non-hydrogen) atoms. The number of imide groups is 1. The first-order valence-corrected chi connectivity index (χ1v) is 6.76. The number of hydrogen-bond acceptors (Lipinski definition) is 6. The molecule has 4 N–H and O–H groups in total. The smallest absolute Gasteiger partial charge is 0.428 e. The molecule has 0 aromatic heterocycles. The third kappa shape index (κ3) is 3.87. The van der Waals surface area contributed by atoms with Crippen LogP contribution in [0.5, 0.6) is 11.5 Å². The summed E-state index contributed by atoms with van der Waals surface area (Å²) < 4.78 is 5.05. The van der Waals surface area contributed by atoms with E-state index < -0.39 is 18.6 Å². The second-order valence-corrected chi connectivity index (χ2v) is 4.71. The van der Waals surface area contributed by atoms with Gasteiger partial charge in [-0.05, 0) is 12.1 Å². The van der Waals surface area contributed by atoms with Crippen molar-refractivity contribution in [1.29, 1.82) is 0 Å². The van der Waals surface area contributed by atoms with Gasteiger partial charge in [-0.25, -0.2) is 10.6 Å². The standard InChI is InChI=1S/C16H14N2O6/c17-18(16(22)23)14(20)9-24-11-6-7-12(13(19)8-11)15(21)10-4-2-1-3-5-10/h1-8,19H,9,17H2,(H,22,23). The van der Waals surface area contributed by atoms with Crippen LogP contribution in [0.3, 0.4) is 0 Å². The number of nitrogens with two attached hydrogens (primary N) is 1. The zero-order valence-corrected chi connectivity index (χ0v) is 12.4. The molecule has 0 fully saturated rings. The molecule has 0 aliphatic heterocycles. The zero-order chi connectivity index (χ0) is 17.7. The highest BCUT2D eigenvalue weighted by Gasteiger charge is 2.18. The van der Waals surface area contributed by atoms with Gasteiger partial charge in [0.2, 0.25) is 0 Å². The molecule has 2 amide bonds. The predicted molar refractivity (Wildman–Crippen MR) is 82.5 cm³/mol. The lowest BCUT2D eigenvalue weighted by molar-refractivity contribution is -0.131. The van der Waals surface area contributed by atoms with Gasteiger partial charge in [-0.15, -0.1) is 0 Å². The summed E-state index contributed by atoms with van der Waals surface area (Å²) in [6, 6.07) is 12.3. The molecule has 0 aliphatic carbocycles. The minimum atomic E-state index is -1.62. The largest absolute Gasteiger partial charge is 0.507 e. The molecule has 124 valence electrons. The fourth-order valence-corrected chi connectivity index (χ4v) is 1.86. The van der Waals surface area contributed by atoms with Crippen LogP contribution >= 0.6 is 0 Å². The van der Waals surface area contributed by atoms with E-state index in [4.69, 9.17) is 15.7 Å². The number of carbonyl (C=O) groups is 3. The summed E-state index contributed by atoms with van der Waals surface area (Å²) in [7, 11) is 0. The van der Waals surface area contributed by atoms with Crippen molar-refractivity contribution in [3.8, 4) is 11.5 Å². The Kier molecular flexibility index (Phi) is 5.13. The normalized spacial score (nSPS) is 10.0. The highest BCUT2D eigenvalue weighted by Crippen LogP contribution is 2.25. The van der Waals surface area contributed by atoms with E-state index in [9.17, 15) is 19.5 Å². The number of nitrogens with zero attached hydrogens (tertiary/aromatic N) is 1. The average molecular weight is 330 g/mol. The van der Waals surface area contributed by atoms with Crippen molar-refractivity contribution in [1.82, 2.24) is 5.01 Å². The zero-order valence-electron chi connectivity index (χ0n) is 12.4. The van der Waals surface area contributed by atoms with Crippen molar-refractivity contribution in [3.05, 3.63) is 59.7 Å². The number of carboxylic acid groups (broad SMARTS) is 1. The molecule has 0 saturated heterocycles. The second-order valence-electron chi connectivity index (χ2n) is 4.71. The van der Waals surface area contributed by atoms with Crippen molar-refractivity contribution in [2.45, 2.75) is 0 Å². The van der Waals surface area contributed by atoms with Gasteiger partial charge in [0.1, 0.15) is 11.5 Å². The number of ether oxygens (including phenoxy) is 1. The minimum absolute atomic E-state index is 0.00679. The molecule has 0 heterocycles. The lowest BCUT2D eigenvalue weighted by Gasteiger charge is -2.12. The quantitative estimate of drug-likeness (QED) is 0.327. The summed E-state index contributed by atoms with van der Waals surface area (Å²) in [6.45, 7) is -0.631. The van der Waals surface area contributed by atoms with Crippen LogP contribution in [0.4, 0.5) is 4.79 Å². The van der Waals surface area contributed by atoms with E-state index in [1.807, 2.05) is 0 Å². The number of hydrogen-bond donors (Lipinski definition) is 3. The number of hydrazine groups is 1. The second kappa shape index (κ2) is 7.25. The molecule has 2 aromatic carbocycles. The SMILES string of the molecule is NN(C(=O)O)C(=O)COc1ccc(C(=O)c2ccccc2)c(O)c1. The van der Waals surface area contributed by atoms with E-state index >= 15 is 0 Å². The molecule has 0 radical (unpaired) electrons. The first-order chi connectivity index (χ1) is 11.4. The van der Waals surface area contributed by atoms with Crippen molar-refractivity contribution in [2.75, 3.05) is 6.61 Å². The van der Waals surface area contributed by atoms with Gasteiger partial charge in [0.05, 0.1) is 5.56 Å². The number of carbonyl (C=O) groups excluding carboxylic acids is 2. The van der Waals surface area contributed by atoms with E-state index in [2.05, 4.69) is 0 Å². The highest BCUT2D eigenvalue weighted by molar-refractivity contribution is 6.10. The number of ketones is 1. The van der Waals surface area contributed by atoms with Crippen molar-refractivity contribution >= 4 is 17.8 Å². The summed E-state index contributed by atoms with van der Waals surface area (Å²) in [5, 5.41) is 18.5. The topological polar surface area (TPSA) is 130 Å². The molecule has 0 bridgehead atoms. The molecular formula is C16H14N2O6. The lowest BCUT2D eigenvalue weighted by atomic mass is 10.0. The van der Waals surface area contributed by atoms with E-state index in [1.54, 1.807) is 30.3 Å². The molecule has 8 heteroatoms. The van der Waals surface area contributed by atoms with E-state index in [0.29, 0.717) is 5.56 Å². The molecule has 0 atom stereocenters. The molecule has 0 aliphatic rings. The lowest BCUT2D eigenvalue weighted by Crippen LogP contribution is -2.44. The van der Waals surface area contributed by atoms with Crippen LogP contribution in [0.15, 0.2) is 48.5 Å². The van der Waals surface area contributed by atoms with Crippen LogP contribution in [0.2, 0.25) is 0 Å². The van der Waals surface area contributed by atoms with Crippen LogP contribution in [0.25, 0.3) is 0 Å².